The second-order valence-electron chi connectivity index (χ2n) is 4.62. The Balaban J connectivity index is 2.07. The summed E-state index contributed by atoms with van der Waals surface area (Å²) in [6.45, 7) is 1.90. The van der Waals surface area contributed by atoms with E-state index in [9.17, 15) is 18.0 Å². The van der Waals surface area contributed by atoms with Crippen molar-refractivity contribution in [1.82, 2.24) is 0 Å². The van der Waals surface area contributed by atoms with Crippen LogP contribution in [-0.4, -0.2) is 6.03 Å². The lowest BCUT2D eigenvalue weighted by molar-refractivity contribution is -0.137. The summed E-state index contributed by atoms with van der Waals surface area (Å²) >= 11 is 2.17. The number of aryl methyl sites for hydroxylation is 1. The first-order chi connectivity index (χ1) is 10.3. The zero-order chi connectivity index (χ0) is 16.3. The van der Waals surface area contributed by atoms with Crippen molar-refractivity contribution in [3.8, 4) is 0 Å². The van der Waals surface area contributed by atoms with E-state index in [-0.39, 0.29) is 5.69 Å². The van der Waals surface area contributed by atoms with Crippen LogP contribution in [-0.2, 0) is 6.18 Å². The van der Waals surface area contributed by atoms with Crippen LogP contribution in [0.1, 0.15) is 11.1 Å². The van der Waals surface area contributed by atoms with Crippen molar-refractivity contribution in [1.29, 1.82) is 0 Å². The number of alkyl halides is 3. The van der Waals surface area contributed by atoms with E-state index in [2.05, 4.69) is 33.2 Å². The highest BCUT2D eigenvalue weighted by Crippen LogP contribution is 2.30. The van der Waals surface area contributed by atoms with Gasteiger partial charge in [0.15, 0.2) is 0 Å². The lowest BCUT2D eigenvalue weighted by atomic mass is 10.2. The van der Waals surface area contributed by atoms with E-state index in [1.807, 2.05) is 13.0 Å². The van der Waals surface area contributed by atoms with Crippen LogP contribution < -0.4 is 10.6 Å². The summed E-state index contributed by atoms with van der Waals surface area (Å²) in [6, 6.07) is 9.23. The molecule has 0 fully saturated rings. The van der Waals surface area contributed by atoms with Crippen molar-refractivity contribution in [2.45, 2.75) is 13.1 Å². The van der Waals surface area contributed by atoms with Gasteiger partial charge in [-0.2, -0.15) is 13.2 Å². The third-order valence-electron chi connectivity index (χ3n) is 2.86. The highest BCUT2D eigenvalue weighted by atomic mass is 127. The molecule has 0 unspecified atom stereocenters. The second kappa shape index (κ2) is 6.55. The van der Waals surface area contributed by atoms with Gasteiger partial charge in [0.05, 0.1) is 5.56 Å². The molecule has 2 rings (SSSR count). The number of urea groups is 1. The maximum absolute atomic E-state index is 12.6. The van der Waals surface area contributed by atoms with Gasteiger partial charge >= 0.3 is 12.2 Å². The van der Waals surface area contributed by atoms with Gasteiger partial charge in [-0.25, -0.2) is 4.79 Å². The van der Waals surface area contributed by atoms with E-state index in [1.165, 1.54) is 12.1 Å². The monoisotopic (exact) mass is 420 g/mol. The predicted molar refractivity (Wildman–Crippen MR) is 88.0 cm³/mol. The molecule has 7 heteroatoms. The summed E-state index contributed by atoms with van der Waals surface area (Å²) in [4.78, 5) is 11.8. The number of rotatable bonds is 2. The summed E-state index contributed by atoms with van der Waals surface area (Å²) in [5.41, 5.74) is 0.838. The summed E-state index contributed by atoms with van der Waals surface area (Å²) in [7, 11) is 0. The largest absolute Gasteiger partial charge is 0.416 e. The Morgan fingerprint density at radius 2 is 1.68 bits per heavy atom. The fourth-order valence-electron chi connectivity index (χ4n) is 1.79. The minimum atomic E-state index is -4.44. The molecule has 3 nitrogen and oxygen atoms in total. The molecule has 0 spiro atoms. The van der Waals surface area contributed by atoms with Crippen molar-refractivity contribution >= 4 is 40.0 Å². The Labute approximate surface area is 139 Å². The molecule has 0 aliphatic heterocycles. The Morgan fingerprint density at radius 3 is 2.27 bits per heavy atom. The number of amides is 2. The normalized spacial score (nSPS) is 11.1. The third-order valence-corrected chi connectivity index (χ3v) is 4.07. The first kappa shape index (κ1) is 16.6. The lowest BCUT2D eigenvalue weighted by Gasteiger charge is -2.11. The van der Waals surface area contributed by atoms with Crippen LogP contribution in [0.2, 0.25) is 0 Å². The Morgan fingerprint density at radius 1 is 1.05 bits per heavy atom. The predicted octanol–water partition coefficient (Wildman–Crippen LogP) is 5.26. The van der Waals surface area contributed by atoms with Gasteiger partial charge in [0.25, 0.3) is 0 Å². The van der Waals surface area contributed by atoms with E-state index >= 15 is 0 Å². The zero-order valence-corrected chi connectivity index (χ0v) is 13.6. The van der Waals surface area contributed by atoms with Gasteiger partial charge in [-0.05, 0) is 71.5 Å². The minimum absolute atomic E-state index is 0.0783. The molecule has 0 aromatic heterocycles. The van der Waals surface area contributed by atoms with Crippen molar-refractivity contribution in [3.05, 3.63) is 57.2 Å². The SMILES string of the molecule is Cc1cc(NC(=O)Nc2cccc(C(F)(F)F)c2)ccc1I. The maximum Gasteiger partial charge on any atom is 0.416 e. The molecule has 0 bridgehead atoms. The topological polar surface area (TPSA) is 41.1 Å². The molecule has 0 saturated heterocycles. The van der Waals surface area contributed by atoms with Crippen LogP contribution in [0.25, 0.3) is 0 Å². The standard InChI is InChI=1S/C15H12F3IN2O/c1-9-7-12(5-6-13(9)19)21-14(22)20-11-4-2-3-10(8-11)15(16,17)18/h2-8H,1H3,(H2,20,21,22). The van der Waals surface area contributed by atoms with E-state index in [1.54, 1.807) is 12.1 Å². The van der Waals surface area contributed by atoms with Crippen LogP contribution in [0.3, 0.4) is 0 Å². The first-order valence-electron chi connectivity index (χ1n) is 6.27. The number of hydrogen-bond acceptors (Lipinski definition) is 1. The van der Waals surface area contributed by atoms with E-state index < -0.39 is 17.8 Å². The zero-order valence-electron chi connectivity index (χ0n) is 11.5. The van der Waals surface area contributed by atoms with Crippen molar-refractivity contribution in [2.24, 2.45) is 0 Å². The van der Waals surface area contributed by atoms with Crippen molar-refractivity contribution in [2.75, 3.05) is 10.6 Å². The number of carbonyl (C=O) groups is 1. The highest BCUT2D eigenvalue weighted by Gasteiger charge is 2.30. The number of carbonyl (C=O) groups excluding carboxylic acids is 1. The molecule has 116 valence electrons. The van der Waals surface area contributed by atoms with Crippen LogP contribution in [0.4, 0.5) is 29.3 Å². The maximum atomic E-state index is 12.6. The molecule has 2 N–H and O–H groups in total. The van der Waals surface area contributed by atoms with Crippen LogP contribution in [0, 0.1) is 10.5 Å². The van der Waals surface area contributed by atoms with Gasteiger partial charge < -0.3 is 10.6 Å². The molecule has 0 radical (unpaired) electrons. The van der Waals surface area contributed by atoms with Gasteiger partial charge in [0.2, 0.25) is 0 Å². The average Bonchev–Trinajstić information content (AvgIpc) is 2.42. The number of halogens is 4. The lowest BCUT2D eigenvalue weighted by Crippen LogP contribution is -2.19. The van der Waals surface area contributed by atoms with E-state index in [0.29, 0.717) is 5.69 Å². The number of anilines is 2. The van der Waals surface area contributed by atoms with Gasteiger partial charge in [0.1, 0.15) is 0 Å². The molecule has 2 aromatic rings. The molecule has 0 aliphatic rings. The first-order valence-corrected chi connectivity index (χ1v) is 7.35. The van der Waals surface area contributed by atoms with Gasteiger partial charge in [-0.1, -0.05) is 6.07 Å². The molecular weight excluding hydrogens is 408 g/mol. The summed E-state index contributed by atoms with van der Waals surface area (Å²) in [5.74, 6) is 0. The smallest absolute Gasteiger partial charge is 0.308 e. The van der Waals surface area contributed by atoms with Crippen LogP contribution in [0.15, 0.2) is 42.5 Å². The van der Waals surface area contributed by atoms with Gasteiger partial charge in [0, 0.05) is 14.9 Å². The molecule has 2 amide bonds. The summed E-state index contributed by atoms with van der Waals surface area (Å²) in [6.07, 6.45) is -4.44. The number of benzene rings is 2. The van der Waals surface area contributed by atoms with E-state index in [4.69, 9.17) is 0 Å². The Bertz CT molecular complexity index is 701. The molecule has 0 saturated carbocycles. The minimum Gasteiger partial charge on any atom is -0.308 e. The summed E-state index contributed by atoms with van der Waals surface area (Å²) < 4.78 is 38.9. The molecule has 22 heavy (non-hydrogen) atoms. The number of nitrogens with one attached hydrogen (secondary N) is 2. The third kappa shape index (κ3) is 4.36. The van der Waals surface area contributed by atoms with Gasteiger partial charge in [-0.3, -0.25) is 0 Å². The molecule has 0 atom stereocenters. The van der Waals surface area contributed by atoms with Crippen LogP contribution in [0.5, 0.6) is 0 Å². The Kier molecular flexibility index (Phi) is 4.94. The molecular formula is C15H12F3IN2O. The summed E-state index contributed by atoms with van der Waals surface area (Å²) in [5, 5.41) is 4.97. The second-order valence-corrected chi connectivity index (χ2v) is 5.78. The molecule has 2 aromatic carbocycles. The fourth-order valence-corrected chi connectivity index (χ4v) is 2.12. The molecule has 0 heterocycles. The van der Waals surface area contributed by atoms with Crippen LogP contribution >= 0.6 is 22.6 Å². The van der Waals surface area contributed by atoms with Crippen molar-refractivity contribution in [3.63, 3.8) is 0 Å². The fraction of sp³-hybridized carbons (Fsp3) is 0.133. The molecule has 0 aliphatic carbocycles. The van der Waals surface area contributed by atoms with E-state index in [0.717, 1.165) is 21.3 Å². The Hall–Kier alpha value is -1.77. The highest BCUT2D eigenvalue weighted by molar-refractivity contribution is 14.1. The quantitative estimate of drug-likeness (QED) is 0.640. The van der Waals surface area contributed by atoms with Gasteiger partial charge in [-0.15, -0.1) is 0 Å². The average molecular weight is 420 g/mol. The number of hydrogen-bond donors (Lipinski definition) is 2. The van der Waals surface area contributed by atoms with Crippen molar-refractivity contribution < 1.29 is 18.0 Å².